The lowest BCUT2D eigenvalue weighted by atomic mass is 10.2. The summed E-state index contributed by atoms with van der Waals surface area (Å²) in [6, 6.07) is 4.26. The molecule has 1 atom stereocenters. The summed E-state index contributed by atoms with van der Waals surface area (Å²) in [5.41, 5.74) is 5.81. The number of hydrogen-bond donors (Lipinski definition) is 2. The smallest absolute Gasteiger partial charge is 0.414 e. The average molecular weight is 301 g/mol. The third-order valence-corrected chi connectivity index (χ3v) is 2.67. The number of ether oxygens (including phenoxy) is 1. The molecule has 0 unspecified atom stereocenters. The molecule has 3 N–H and O–H groups in total. The SMILES string of the molecule is Cl.NCC#Cc1ccc(N2C[C@H](CO)OC2=O)cc1F. The maximum Gasteiger partial charge on any atom is 0.414 e. The van der Waals surface area contributed by atoms with Crippen molar-refractivity contribution in [1.29, 1.82) is 0 Å². The number of cyclic esters (lactones) is 1. The number of carbonyl (C=O) groups excluding carboxylic acids is 1. The van der Waals surface area contributed by atoms with Crippen LogP contribution in [0.3, 0.4) is 0 Å². The fraction of sp³-hybridized carbons (Fsp3) is 0.308. The summed E-state index contributed by atoms with van der Waals surface area (Å²) in [5.74, 6) is 4.63. The van der Waals surface area contributed by atoms with E-state index in [-0.39, 0.29) is 37.7 Å². The Kier molecular flexibility index (Phi) is 5.77. The third-order valence-electron chi connectivity index (χ3n) is 2.67. The fourth-order valence-electron chi connectivity index (χ4n) is 1.75. The summed E-state index contributed by atoms with van der Waals surface area (Å²) in [4.78, 5) is 12.8. The Labute approximate surface area is 121 Å². The second-order valence-corrected chi connectivity index (χ2v) is 3.97. The van der Waals surface area contributed by atoms with Gasteiger partial charge in [-0.3, -0.25) is 4.90 Å². The lowest BCUT2D eigenvalue weighted by Gasteiger charge is -2.13. The van der Waals surface area contributed by atoms with Crippen LogP contribution in [0.1, 0.15) is 5.56 Å². The highest BCUT2D eigenvalue weighted by Gasteiger charge is 2.32. The summed E-state index contributed by atoms with van der Waals surface area (Å²) < 4.78 is 18.6. The number of halogens is 2. The van der Waals surface area contributed by atoms with Gasteiger partial charge in [0.2, 0.25) is 0 Å². The molecule has 0 aromatic heterocycles. The number of amides is 1. The van der Waals surface area contributed by atoms with Crippen molar-refractivity contribution in [2.24, 2.45) is 5.73 Å². The quantitative estimate of drug-likeness (QED) is 0.795. The molecule has 1 heterocycles. The Morgan fingerprint density at radius 3 is 2.85 bits per heavy atom. The number of aliphatic hydroxyl groups excluding tert-OH is 1. The van der Waals surface area contributed by atoms with Crippen LogP contribution >= 0.6 is 12.4 Å². The van der Waals surface area contributed by atoms with E-state index in [2.05, 4.69) is 11.8 Å². The summed E-state index contributed by atoms with van der Waals surface area (Å²) in [6.07, 6.45) is -1.17. The van der Waals surface area contributed by atoms with Crippen LogP contribution in [-0.4, -0.2) is 37.0 Å². The summed E-state index contributed by atoms with van der Waals surface area (Å²) in [6.45, 7) is 0.0885. The minimum absolute atomic E-state index is 0. The molecule has 1 aliphatic rings. The van der Waals surface area contributed by atoms with Gasteiger partial charge in [-0.15, -0.1) is 12.4 Å². The van der Waals surface area contributed by atoms with Gasteiger partial charge in [0, 0.05) is 0 Å². The highest BCUT2D eigenvalue weighted by atomic mass is 35.5. The van der Waals surface area contributed by atoms with Crippen LogP contribution in [0, 0.1) is 17.7 Å². The van der Waals surface area contributed by atoms with Crippen molar-refractivity contribution >= 4 is 24.2 Å². The van der Waals surface area contributed by atoms with Crippen molar-refractivity contribution in [3.8, 4) is 11.8 Å². The van der Waals surface area contributed by atoms with Crippen LogP contribution < -0.4 is 10.6 Å². The summed E-state index contributed by atoms with van der Waals surface area (Å²) in [5, 5.41) is 8.94. The fourth-order valence-corrected chi connectivity index (χ4v) is 1.75. The van der Waals surface area contributed by atoms with Crippen molar-refractivity contribution in [1.82, 2.24) is 0 Å². The van der Waals surface area contributed by atoms with Crippen molar-refractivity contribution in [2.45, 2.75) is 6.10 Å². The van der Waals surface area contributed by atoms with E-state index in [1.54, 1.807) is 6.07 Å². The number of hydrogen-bond acceptors (Lipinski definition) is 4. The zero-order valence-corrected chi connectivity index (χ0v) is 11.3. The van der Waals surface area contributed by atoms with E-state index < -0.39 is 18.0 Å². The average Bonchev–Trinajstić information content (AvgIpc) is 2.78. The van der Waals surface area contributed by atoms with Crippen LogP contribution in [-0.2, 0) is 4.74 Å². The van der Waals surface area contributed by atoms with E-state index >= 15 is 0 Å². The molecular formula is C13H14ClFN2O3. The van der Waals surface area contributed by atoms with Crippen LogP contribution in [0.15, 0.2) is 18.2 Å². The largest absolute Gasteiger partial charge is 0.441 e. The van der Waals surface area contributed by atoms with Gasteiger partial charge in [0.05, 0.1) is 30.9 Å². The number of aliphatic hydroxyl groups is 1. The van der Waals surface area contributed by atoms with E-state index in [1.165, 1.54) is 17.0 Å². The van der Waals surface area contributed by atoms with Gasteiger partial charge >= 0.3 is 6.09 Å². The van der Waals surface area contributed by atoms with E-state index in [9.17, 15) is 9.18 Å². The molecule has 0 bridgehead atoms. The monoisotopic (exact) mass is 300 g/mol. The topological polar surface area (TPSA) is 75.8 Å². The maximum absolute atomic E-state index is 13.8. The zero-order valence-electron chi connectivity index (χ0n) is 10.5. The number of anilines is 1. The highest BCUT2D eigenvalue weighted by Crippen LogP contribution is 2.23. The van der Waals surface area contributed by atoms with Crippen molar-refractivity contribution < 1.29 is 19.0 Å². The van der Waals surface area contributed by atoms with E-state index in [0.29, 0.717) is 5.69 Å². The minimum Gasteiger partial charge on any atom is -0.441 e. The van der Waals surface area contributed by atoms with Gasteiger partial charge in [-0.1, -0.05) is 11.8 Å². The number of nitrogens with zero attached hydrogens (tertiary/aromatic N) is 1. The molecule has 1 aromatic rings. The van der Waals surface area contributed by atoms with Gasteiger partial charge in [-0.25, -0.2) is 9.18 Å². The first-order valence-electron chi connectivity index (χ1n) is 5.73. The maximum atomic E-state index is 13.8. The van der Waals surface area contributed by atoms with Crippen LogP contribution in [0.25, 0.3) is 0 Å². The Morgan fingerprint density at radius 1 is 1.55 bits per heavy atom. The highest BCUT2D eigenvalue weighted by molar-refractivity contribution is 5.89. The third kappa shape index (κ3) is 3.39. The van der Waals surface area contributed by atoms with Gasteiger partial charge in [0.1, 0.15) is 11.9 Å². The second kappa shape index (κ2) is 7.10. The summed E-state index contributed by atoms with van der Waals surface area (Å²) in [7, 11) is 0. The van der Waals surface area contributed by atoms with Crippen molar-refractivity contribution in [2.75, 3.05) is 24.6 Å². The predicted molar refractivity (Wildman–Crippen MR) is 74.3 cm³/mol. The normalized spacial score (nSPS) is 17.1. The standard InChI is InChI=1S/C13H13FN2O3.ClH/c14-12-6-10(4-3-9(12)2-1-5-15)16-7-11(8-17)19-13(16)18;/h3-4,6,11,17H,5,7-8,15H2;1H/t11-;/m1./s1. The first-order chi connectivity index (χ1) is 9.15. The molecular weight excluding hydrogens is 287 g/mol. The number of carbonyl (C=O) groups is 1. The first kappa shape index (κ1) is 16.2. The van der Waals surface area contributed by atoms with E-state index in [1.807, 2.05) is 0 Å². The molecule has 1 amide bonds. The van der Waals surface area contributed by atoms with Gasteiger partial charge in [-0.2, -0.15) is 0 Å². The first-order valence-corrected chi connectivity index (χ1v) is 5.73. The van der Waals surface area contributed by atoms with Crippen molar-refractivity contribution in [3.05, 3.63) is 29.6 Å². The lowest BCUT2D eigenvalue weighted by Crippen LogP contribution is -2.25. The molecule has 5 nitrogen and oxygen atoms in total. The van der Waals surface area contributed by atoms with Gasteiger partial charge < -0.3 is 15.6 Å². The molecule has 0 aliphatic carbocycles. The molecule has 2 rings (SSSR count). The van der Waals surface area contributed by atoms with E-state index in [4.69, 9.17) is 15.6 Å². The van der Waals surface area contributed by atoms with E-state index in [0.717, 1.165) is 0 Å². The summed E-state index contributed by atoms with van der Waals surface area (Å²) >= 11 is 0. The van der Waals surface area contributed by atoms with Crippen molar-refractivity contribution in [3.63, 3.8) is 0 Å². The molecule has 0 saturated carbocycles. The van der Waals surface area contributed by atoms with Gasteiger partial charge in [0.25, 0.3) is 0 Å². The Morgan fingerprint density at radius 2 is 2.30 bits per heavy atom. The molecule has 1 aromatic carbocycles. The molecule has 1 fully saturated rings. The molecule has 7 heteroatoms. The molecule has 1 aliphatic heterocycles. The Balaban J connectivity index is 0.00000200. The number of rotatable bonds is 2. The van der Waals surface area contributed by atoms with Gasteiger partial charge in [-0.05, 0) is 18.2 Å². The van der Waals surface area contributed by atoms with Crippen LogP contribution in [0.4, 0.5) is 14.9 Å². The lowest BCUT2D eigenvalue weighted by molar-refractivity contribution is 0.0963. The molecule has 0 radical (unpaired) electrons. The minimum atomic E-state index is -0.598. The molecule has 20 heavy (non-hydrogen) atoms. The van der Waals surface area contributed by atoms with Gasteiger partial charge in [0.15, 0.2) is 0 Å². The number of benzene rings is 1. The Hall–Kier alpha value is -1.81. The van der Waals surface area contributed by atoms with Crippen LogP contribution in [0.2, 0.25) is 0 Å². The Bertz CT molecular complexity index is 556. The number of nitrogens with two attached hydrogens (primary N) is 1. The predicted octanol–water partition coefficient (Wildman–Crippen LogP) is 0.875. The molecule has 108 valence electrons. The molecule has 0 spiro atoms. The van der Waals surface area contributed by atoms with Crippen LogP contribution in [0.5, 0.6) is 0 Å². The molecule has 1 saturated heterocycles. The second-order valence-electron chi connectivity index (χ2n) is 3.97. The zero-order chi connectivity index (χ0) is 13.8.